The molecule has 1 aliphatic heterocycles. The van der Waals surface area contributed by atoms with Crippen LogP contribution in [-0.2, 0) is 6.54 Å². The second-order valence-electron chi connectivity index (χ2n) is 6.95. The highest BCUT2D eigenvalue weighted by atomic mass is 16.2. The zero-order valence-electron chi connectivity index (χ0n) is 15.8. The van der Waals surface area contributed by atoms with E-state index < -0.39 is 0 Å². The quantitative estimate of drug-likeness (QED) is 0.524. The van der Waals surface area contributed by atoms with Gasteiger partial charge in [0.05, 0.1) is 5.69 Å². The first-order chi connectivity index (χ1) is 14.3. The van der Waals surface area contributed by atoms with Crippen molar-refractivity contribution in [2.75, 3.05) is 6.54 Å². The van der Waals surface area contributed by atoms with Crippen LogP contribution in [0.5, 0.6) is 0 Å². The van der Waals surface area contributed by atoms with Crippen molar-refractivity contribution in [3.05, 3.63) is 90.5 Å². The minimum Gasteiger partial charge on any atom is -0.292 e. The van der Waals surface area contributed by atoms with Crippen molar-refractivity contribution >= 4 is 28.2 Å². The molecule has 5 rings (SSSR count). The van der Waals surface area contributed by atoms with Gasteiger partial charge in [0, 0.05) is 29.6 Å². The molecule has 0 radical (unpaired) electrons. The molecule has 0 spiro atoms. The highest BCUT2D eigenvalue weighted by molar-refractivity contribution is 6.23. The van der Waals surface area contributed by atoms with E-state index in [4.69, 9.17) is 4.99 Å². The molecule has 0 saturated carbocycles. The number of hydrogen-bond acceptors (Lipinski definition) is 4. The van der Waals surface area contributed by atoms with Gasteiger partial charge in [-0.3, -0.25) is 14.4 Å². The van der Waals surface area contributed by atoms with E-state index in [1.807, 2.05) is 54.6 Å². The van der Waals surface area contributed by atoms with Gasteiger partial charge in [-0.05, 0) is 30.0 Å². The maximum absolute atomic E-state index is 13.4. The smallest absolute Gasteiger partial charge is 0.259 e. The summed E-state index contributed by atoms with van der Waals surface area (Å²) in [5.74, 6) is 0.664. The van der Waals surface area contributed by atoms with E-state index in [0.29, 0.717) is 24.5 Å². The predicted octanol–water partition coefficient (Wildman–Crippen LogP) is 4.06. The lowest BCUT2D eigenvalue weighted by Crippen LogP contribution is -2.38. The van der Waals surface area contributed by atoms with Gasteiger partial charge in [0.1, 0.15) is 18.5 Å². The number of hydrogen-bond donors (Lipinski definition) is 0. The molecule has 2 heterocycles. The largest absolute Gasteiger partial charge is 0.292 e. The van der Waals surface area contributed by atoms with E-state index in [-0.39, 0.29) is 5.91 Å². The molecule has 1 aromatic heterocycles. The third-order valence-electron chi connectivity index (χ3n) is 5.11. The Hall–Kier alpha value is -3.80. The molecule has 6 heteroatoms. The molecule has 0 aliphatic carbocycles. The Morgan fingerprint density at radius 1 is 0.966 bits per heavy atom. The van der Waals surface area contributed by atoms with E-state index in [0.717, 1.165) is 28.4 Å². The SMILES string of the molecule is O=C(c1ccccc1)N(CCCn1cncn1)C1=Nc2cccc3cccc1c23. The molecule has 4 aromatic rings. The summed E-state index contributed by atoms with van der Waals surface area (Å²) in [5, 5.41) is 6.39. The lowest BCUT2D eigenvalue weighted by Gasteiger charge is -2.23. The number of carbonyl (C=O) groups is 1. The summed E-state index contributed by atoms with van der Waals surface area (Å²) in [6, 6.07) is 21.6. The number of aryl methyl sites for hydroxylation is 1. The molecule has 1 aliphatic rings. The van der Waals surface area contributed by atoms with Crippen molar-refractivity contribution in [1.29, 1.82) is 0 Å². The van der Waals surface area contributed by atoms with Crippen LogP contribution in [0.25, 0.3) is 10.8 Å². The van der Waals surface area contributed by atoms with Gasteiger partial charge in [0.25, 0.3) is 5.91 Å². The first-order valence-electron chi connectivity index (χ1n) is 9.61. The minimum atomic E-state index is -0.0484. The summed E-state index contributed by atoms with van der Waals surface area (Å²) < 4.78 is 1.77. The first-order valence-corrected chi connectivity index (χ1v) is 9.61. The van der Waals surface area contributed by atoms with E-state index in [1.54, 1.807) is 15.9 Å². The highest BCUT2D eigenvalue weighted by Gasteiger charge is 2.27. The average Bonchev–Trinajstić information content (AvgIpc) is 3.41. The fourth-order valence-corrected chi connectivity index (χ4v) is 3.76. The lowest BCUT2D eigenvalue weighted by molar-refractivity contribution is 0.0845. The third kappa shape index (κ3) is 3.18. The van der Waals surface area contributed by atoms with Crippen molar-refractivity contribution in [3.8, 4) is 0 Å². The summed E-state index contributed by atoms with van der Waals surface area (Å²) in [6.45, 7) is 1.22. The molecule has 0 atom stereocenters. The Kier molecular flexibility index (Phi) is 4.37. The van der Waals surface area contributed by atoms with Crippen LogP contribution < -0.4 is 0 Å². The number of amides is 1. The second kappa shape index (κ2) is 7.31. The van der Waals surface area contributed by atoms with Crippen LogP contribution in [0, 0.1) is 0 Å². The predicted molar refractivity (Wildman–Crippen MR) is 112 cm³/mol. The van der Waals surface area contributed by atoms with Crippen molar-refractivity contribution in [2.45, 2.75) is 13.0 Å². The van der Waals surface area contributed by atoms with Crippen LogP contribution in [0.2, 0.25) is 0 Å². The third-order valence-corrected chi connectivity index (χ3v) is 5.11. The van der Waals surface area contributed by atoms with Gasteiger partial charge in [-0.15, -0.1) is 0 Å². The lowest BCUT2D eigenvalue weighted by atomic mass is 10.0. The van der Waals surface area contributed by atoms with Gasteiger partial charge in [-0.2, -0.15) is 5.10 Å². The van der Waals surface area contributed by atoms with Crippen LogP contribution >= 0.6 is 0 Å². The number of aliphatic imine (C=N–C) groups is 1. The van der Waals surface area contributed by atoms with Crippen molar-refractivity contribution in [3.63, 3.8) is 0 Å². The van der Waals surface area contributed by atoms with Gasteiger partial charge < -0.3 is 0 Å². The molecule has 0 unspecified atom stereocenters. The number of benzene rings is 3. The fourth-order valence-electron chi connectivity index (χ4n) is 3.76. The van der Waals surface area contributed by atoms with Crippen LogP contribution in [0.3, 0.4) is 0 Å². The van der Waals surface area contributed by atoms with E-state index in [2.05, 4.69) is 22.2 Å². The summed E-state index contributed by atoms with van der Waals surface area (Å²) in [5.41, 5.74) is 2.57. The molecule has 142 valence electrons. The van der Waals surface area contributed by atoms with Crippen LogP contribution in [0.4, 0.5) is 5.69 Å². The first kappa shape index (κ1) is 17.3. The monoisotopic (exact) mass is 381 g/mol. The van der Waals surface area contributed by atoms with E-state index >= 15 is 0 Å². The van der Waals surface area contributed by atoms with E-state index in [1.165, 1.54) is 6.33 Å². The van der Waals surface area contributed by atoms with Crippen LogP contribution in [0.15, 0.2) is 84.4 Å². The topological polar surface area (TPSA) is 63.4 Å². The molecule has 1 amide bonds. The molecule has 0 fully saturated rings. The molecule has 6 nitrogen and oxygen atoms in total. The Morgan fingerprint density at radius 2 is 1.79 bits per heavy atom. The standard InChI is InChI=1S/C23H19N5O/c29-23(18-7-2-1-3-8-18)28(14-6-13-27-16-24-15-25-27)22-19-11-4-9-17-10-5-12-20(26-22)21(17)19/h1-5,7-12,15-16H,6,13-14H2. The van der Waals surface area contributed by atoms with Gasteiger partial charge in [-0.25, -0.2) is 9.98 Å². The Labute approximate surface area is 168 Å². The average molecular weight is 381 g/mol. The Balaban J connectivity index is 1.50. The zero-order chi connectivity index (χ0) is 19.6. The molecule has 0 saturated heterocycles. The molecular weight excluding hydrogens is 362 g/mol. The fraction of sp³-hybridized carbons (Fsp3) is 0.130. The second-order valence-corrected chi connectivity index (χ2v) is 6.95. The number of aromatic nitrogens is 3. The van der Waals surface area contributed by atoms with Crippen molar-refractivity contribution in [1.82, 2.24) is 19.7 Å². The number of carbonyl (C=O) groups excluding carboxylic acids is 1. The minimum absolute atomic E-state index is 0.0484. The number of amidine groups is 1. The van der Waals surface area contributed by atoms with E-state index in [9.17, 15) is 4.79 Å². The highest BCUT2D eigenvalue weighted by Crippen LogP contribution is 2.36. The molecule has 29 heavy (non-hydrogen) atoms. The summed E-state index contributed by atoms with van der Waals surface area (Å²) >= 11 is 0. The van der Waals surface area contributed by atoms with Gasteiger partial charge in [-0.1, -0.05) is 48.5 Å². The van der Waals surface area contributed by atoms with Gasteiger partial charge in [0.2, 0.25) is 0 Å². The molecule has 3 aromatic carbocycles. The molecule has 0 bridgehead atoms. The summed E-state index contributed by atoms with van der Waals surface area (Å²) in [7, 11) is 0. The van der Waals surface area contributed by atoms with Crippen LogP contribution in [0.1, 0.15) is 22.3 Å². The maximum Gasteiger partial charge on any atom is 0.259 e. The van der Waals surface area contributed by atoms with Gasteiger partial charge >= 0.3 is 0 Å². The summed E-state index contributed by atoms with van der Waals surface area (Å²) in [4.78, 5) is 24.0. The maximum atomic E-state index is 13.4. The van der Waals surface area contributed by atoms with Crippen LogP contribution in [-0.4, -0.2) is 38.0 Å². The zero-order valence-corrected chi connectivity index (χ0v) is 15.8. The summed E-state index contributed by atoms with van der Waals surface area (Å²) in [6.07, 6.45) is 3.95. The van der Waals surface area contributed by atoms with Crippen molar-refractivity contribution < 1.29 is 4.79 Å². The molecular formula is C23H19N5O. The molecule has 0 N–H and O–H groups in total. The van der Waals surface area contributed by atoms with Gasteiger partial charge in [0.15, 0.2) is 0 Å². The Bertz CT molecular complexity index is 1190. The number of rotatable bonds is 5. The van der Waals surface area contributed by atoms with Crippen molar-refractivity contribution in [2.24, 2.45) is 4.99 Å². The number of nitrogens with zero attached hydrogens (tertiary/aromatic N) is 5. The Morgan fingerprint density at radius 3 is 2.59 bits per heavy atom. The normalized spacial score (nSPS) is 12.2.